The number of thioether (sulfide) groups is 2. The van der Waals surface area contributed by atoms with Crippen LogP contribution in [0.5, 0.6) is 0 Å². The zero-order valence-corrected chi connectivity index (χ0v) is 17.9. The Kier molecular flexibility index (Phi) is 10.0. The van der Waals surface area contributed by atoms with E-state index in [1.165, 1.54) is 23.5 Å². The van der Waals surface area contributed by atoms with Gasteiger partial charge in [-0.05, 0) is 29.1 Å². The fraction of sp³-hybridized carbons (Fsp3) is 0.455. The van der Waals surface area contributed by atoms with E-state index in [1.54, 1.807) is 18.2 Å². The Morgan fingerprint density at radius 3 is 2.86 bits per heavy atom. The molecule has 4 atom stereocenters. The average molecular weight is 437 g/mol. The zero-order valence-electron chi connectivity index (χ0n) is 16.3. The summed E-state index contributed by atoms with van der Waals surface area (Å²) in [5, 5.41) is 28.9. The van der Waals surface area contributed by atoms with Crippen molar-refractivity contribution in [3.8, 4) is 0 Å². The second-order valence-corrected chi connectivity index (χ2v) is 9.37. The van der Waals surface area contributed by atoms with Crippen LogP contribution in [-0.4, -0.2) is 61.8 Å². The molecule has 2 rings (SSSR count). The van der Waals surface area contributed by atoms with Crippen LogP contribution in [0.4, 0.5) is 0 Å². The van der Waals surface area contributed by atoms with E-state index in [-0.39, 0.29) is 29.1 Å². The van der Waals surface area contributed by atoms with Crippen molar-refractivity contribution in [1.82, 2.24) is 0 Å². The Bertz CT molecular complexity index is 734. The number of carboxylic acids is 1. The first-order valence-corrected chi connectivity index (χ1v) is 11.8. The van der Waals surface area contributed by atoms with Gasteiger partial charge in [0.05, 0.1) is 23.2 Å². The molecule has 1 aromatic carbocycles. The molecule has 3 N–H and O–H groups in total. The highest BCUT2D eigenvalue weighted by Crippen LogP contribution is 2.34. The normalized spacial score (nSPS) is 22.8. The van der Waals surface area contributed by atoms with E-state index >= 15 is 0 Å². The zero-order chi connectivity index (χ0) is 21.2. The molecule has 0 spiro atoms. The van der Waals surface area contributed by atoms with E-state index in [2.05, 4.69) is 6.58 Å². The summed E-state index contributed by atoms with van der Waals surface area (Å²) in [5.41, 5.74) is 1.99. The summed E-state index contributed by atoms with van der Waals surface area (Å²) in [6.45, 7) is 3.75. The highest BCUT2D eigenvalue weighted by Gasteiger charge is 2.40. The number of carboxylic acid groups (broad SMARTS) is 1. The third-order valence-electron chi connectivity index (χ3n) is 4.66. The molecule has 1 saturated carbocycles. The first kappa shape index (κ1) is 23.7. The Morgan fingerprint density at radius 2 is 2.14 bits per heavy atom. The van der Waals surface area contributed by atoms with Crippen LogP contribution in [0.15, 0.2) is 43.0 Å². The lowest BCUT2D eigenvalue weighted by atomic mass is 10.0. The Balaban J connectivity index is 1.85. The summed E-state index contributed by atoms with van der Waals surface area (Å²) in [5.74, 6) is 0.446. The fourth-order valence-electron chi connectivity index (χ4n) is 3.25. The SMILES string of the molecule is C=Cc1cccc(CC(O)C=C[C@H]2C(O)CC(=O)C2SCCCSCC(=O)O)c1. The Hall–Kier alpha value is -1.54. The van der Waals surface area contributed by atoms with Gasteiger partial charge >= 0.3 is 5.97 Å². The largest absolute Gasteiger partial charge is 0.481 e. The summed E-state index contributed by atoms with van der Waals surface area (Å²) >= 11 is 2.87. The van der Waals surface area contributed by atoms with Crippen molar-refractivity contribution in [1.29, 1.82) is 0 Å². The standard InChI is InChI=1S/C22H28O5S2/c1-2-15-5-3-6-16(11-15)12-17(23)7-8-18-19(24)13-20(25)22(18)29-10-4-9-28-14-21(26)27/h2-3,5-8,11,17-19,22-24H,1,4,9-10,12-14H2,(H,26,27)/t17?,18-,19?,22?/m0/s1. The van der Waals surface area contributed by atoms with Gasteiger partial charge in [0, 0.05) is 18.8 Å². The molecule has 29 heavy (non-hydrogen) atoms. The number of hydrogen-bond donors (Lipinski definition) is 3. The molecule has 158 valence electrons. The number of aliphatic carboxylic acids is 1. The van der Waals surface area contributed by atoms with Crippen LogP contribution >= 0.6 is 23.5 Å². The number of carbonyl (C=O) groups excluding carboxylic acids is 1. The minimum absolute atomic E-state index is 0.0310. The molecule has 1 aromatic rings. The molecular formula is C22H28O5S2. The average Bonchev–Trinajstić information content (AvgIpc) is 2.95. The number of ketones is 1. The van der Waals surface area contributed by atoms with Crippen LogP contribution in [0, 0.1) is 5.92 Å². The molecule has 0 radical (unpaired) electrons. The minimum atomic E-state index is -0.822. The van der Waals surface area contributed by atoms with Gasteiger partial charge in [0.2, 0.25) is 0 Å². The van der Waals surface area contributed by atoms with Crippen molar-refractivity contribution in [3.05, 3.63) is 54.1 Å². The van der Waals surface area contributed by atoms with Gasteiger partial charge in [0.1, 0.15) is 5.78 Å². The van der Waals surface area contributed by atoms with E-state index in [0.29, 0.717) is 6.42 Å². The molecule has 7 heteroatoms. The number of aliphatic hydroxyl groups excluding tert-OH is 2. The smallest absolute Gasteiger partial charge is 0.313 e. The van der Waals surface area contributed by atoms with Gasteiger partial charge in [0.15, 0.2) is 0 Å². The molecule has 0 heterocycles. The molecule has 3 unspecified atom stereocenters. The van der Waals surface area contributed by atoms with Gasteiger partial charge in [-0.15, -0.1) is 11.8 Å². The maximum atomic E-state index is 12.2. The number of benzene rings is 1. The predicted octanol–water partition coefficient (Wildman–Crippen LogP) is 3.05. The van der Waals surface area contributed by atoms with Gasteiger partial charge in [-0.1, -0.05) is 49.1 Å². The third-order valence-corrected chi connectivity index (χ3v) is 7.15. The van der Waals surface area contributed by atoms with Gasteiger partial charge in [-0.25, -0.2) is 0 Å². The summed E-state index contributed by atoms with van der Waals surface area (Å²) in [6, 6.07) is 7.78. The highest BCUT2D eigenvalue weighted by molar-refractivity contribution is 8.01. The number of aliphatic hydroxyl groups is 2. The summed E-state index contributed by atoms with van der Waals surface area (Å²) in [6.07, 6.45) is 5.17. The number of rotatable bonds is 12. The third kappa shape index (κ3) is 8.01. The summed E-state index contributed by atoms with van der Waals surface area (Å²) in [4.78, 5) is 22.7. The number of Topliss-reactive ketones (excluding diaryl/α,β-unsaturated/α-hetero) is 1. The maximum absolute atomic E-state index is 12.2. The Morgan fingerprint density at radius 1 is 1.34 bits per heavy atom. The van der Waals surface area contributed by atoms with Crippen molar-refractivity contribution in [2.45, 2.75) is 36.7 Å². The lowest BCUT2D eigenvalue weighted by molar-refractivity contribution is -0.133. The number of hydrogen-bond acceptors (Lipinski definition) is 6. The fourth-order valence-corrected chi connectivity index (χ4v) is 5.44. The first-order valence-electron chi connectivity index (χ1n) is 9.60. The first-order chi connectivity index (χ1) is 13.9. The van der Waals surface area contributed by atoms with E-state index in [0.717, 1.165) is 29.1 Å². The van der Waals surface area contributed by atoms with Gasteiger partial charge < -0.3 is 15.3 Å². The second-order valence-electron chi connectivity index (χ2n) is 7.01. The van der Waals surface area contributed by atoms with E-state index < -0.39 is 18.2 Å². The van der Waals surface area contributed by atoms with E-state index in [1.807, 2.05) is 24.3 Å². The van der Waals surface area contributed by atoms with Crippen molar-refractivity contribution >= 4 is 41.4 Å². The van der Waals surface area contributed by atoms with Gasteiger partial charge in [0.25, 0.3) is 0 Å². The molecule has 0 bridgehead atoms. The molecule has 1 aliphatic carbocycles. The van der Waals surface area contributed by atoms with Crippen LogP contribution in [0.1, 0.15) is 24.0 Å². The molecule has 1 aliphatic rings. The van der Waals surface area contributed by atoms with Crippen molar-refractivity contribution < 1.29 is 24.9 Å². The van der Waals surface area contributed by atoms with Crippen LogP contribution < -0.4 is 0 Å². The van der Waals surface area contributed by atoms with Crippen molar-refractivity contribution in [2.75, 3.05) is 17.3 Å². The van der Waals surface area contributed by atoms with Crippen molar-refractivity contribution in [3.63, 3.8) is 0 Å². The highest BCUT2D eigenvalue weighted by atomic mass is 32.2. The van der Waals surface area contributed by atoms with Crippen molar-refractivity contribution in [2.24, 2.45) is 5.92 Å². The second kappa shape index (κ2) is 12.2. The van der Waals surface area contributed by atoms with Crippen LogP contribution in [0.2, 0.25) is 0 Å². The summed E-state index contributed by atoms with van der Waals surface area (Å²) < 4.78 is 0. The molecular weight excluding hydrogens is 408 g/mol. The molecule has 0 amide bonds. The Labute approximate surface area is 180 Å². The number of carbonyl (C=O) groups is 2. The topological polar surface area (TPSA) is 94.8 Å². The quantitative estimate of drug-likeness (QED) is 0.342. The lowest BCUT2D eigenvalue weighted by Gasteiger charge is -2.17. The minimum Gasteiger partial charge on any atom is -0.481 e. The predicted molar refractivity (Wildman–Crippen MR) is 120 cm³/mol. The van der Waals surface area contributed by atoms with Gasteiger partial charge in [-0.2, -0.15) is 11.8 Å². The molecule has 0 aliphatic heterocycles. The molecule has 0 saturated heterocycles. The van der Waals surface area contributed by atoms with Crippen LogP contribution in [-0.2, 0) is 16.0 Å². The summed E-state index contributed by atoms with van der Waals surface area (Å²) in [7, 11) is 0. The monoisotopic (exact) mass is 436 g/mol. The van der Waals surface area contributed by atoms with E-state index in [4.69, 9.17) is 5.11 Å². The molecule has 0 aromatic heterocycles. The van der Waals surface area contributed by atoms with E-state index in [9.17, 15) is 19.8 Å². The van der Waals surface area contributed by atoms with Gasteiger partial charge in [-0.3, -0.25) is 9.59 Å². The van der Waals surface area contributed by atoms with Crippen LogP contribution in [0.25, 0.3) is 6.08 Å². The maximum Gasteiger partial charge on any atom is 0.313 e. The van der Waals surface area contributed by atoms with Crippen LogP contribution in [0.3, 0.4) is 0 Å². The molecule has 5 nitrogen and oxygen atoms in total. The molecule has 1 fully saturated rings. The lowest BCUT2D eigenvalue weighted by Crippen LogP contribution is -2.22.